The molecule has 1 aliphatic rings. The number of hydrogen-bond acceptors (Lipinski definition) is 6. The molecule has 5 atom stereocenters. The topological polar surface area (TPSA) is 110 Å². The summed E-state index contributed by atoms with van der Waals surface area (Å²) in [5, 5.41) is 47.4. The second kappa shape index (κ2) is 9.84. The minimum atomic E-state index is -8.79. The Morgan fingerprint density at radius 1 is 0.564 bits per heavy atom. The smallest absolute Gasteiger partial charge is 0.394 e. The second-order valence-electron chi connectivity index (χ2n) is 8.26. The highest BCUT2D eigenvalue weighted by atomic mass is 19.4. The lowest BCUT2D eigenvalue weighted by Crippen LogP contribution is -2.74. The number of hydrogen-bond donors (Lipinski definition) is 5. The molecule has 1 rings (SSSR count). The summed E-state index contributed by atoms with van der Waals surface area (Å²) in [6, 6.07) is 0. The van der Waals surface area contributed by atoms with Gasteiger partial charge in [0, 0.05) is 12.8 Å². The standard InChI is InChI=1S/C16H15F17O6/c17-9(18,2-1-8(38)7(37)6(36)5(35)4(3-34)39-8)10(19,20)11(21,22)12(23,24)13(25,26)14(27,28)15(29,30)16(31,32)33/h4-7,34-38H,1-3H2/t4-,5-,6+,7+,8+/m1/s1. The Bertz CT molecular complexity index is 876. The molecule has 1 saturated heterocycles. The molecule has 234 valence electrons. The van der Waals surface area contributed by atoms with Crippen LogP contribution in [0.15, 0.2) is 0 Å². The van der Waals surface area contributed by atoms with E-state index in [1.54, 1.807) is 0 Å². The van der Waals surface area contributed by atoms with Crippen molar-refractivity contribution in [1.29, 1.82) is 0 Å². The van der Waals surface area contributed by atoms with Crippen molar-refractivity contribution in [2.75, 3.05) is 6.61 Å². The molecular weight excluding hydrogens is 611 g/mol. The number of aliphatic hydroxyl groups is 5. The first kappa shape index (κ1) is 35.6. The predicted octanol–water partition coefficient (Wildman–Crippen LogP) is 2.94. The van der Waals surface area contributed by atoms with Gasteiger partial charge >= 0.3 is 47.6 Å². The van der Waals surface area contributed by atoms with Gasteiger partial charge in [0.15, 0.2) is 5.79 Å². The van der Waals surface area contributed by atoms with Crippen LogP contribution in [0.1, 0.15) is 12.8 Å². The van der Waals surface area contributed by atoms with Gasteiger partial charge < -0.3 is 30.3 Å². The summed E-state index contributed by atoms with van der Waals surface area (Å²) < 4.78 is 230. The van der Waals surface area contributed by atoms with Crippen LogP contribution in [0.4, 0.5) is 74.6 Å². The third kappa shape index (κ3) is 4.99. The van der Waals surface area contributed by atoms with Crippen LogP contribution in [0.3, 0.4) is 0 Å². The monoisotopic (exact) mass is 626 g/mol. The Labute approximate surface area is 203 Å². The molecule has 1 fully saturated rings. The van der Waals surface area contributed by atoms with Gasteiger partial charge in [0.2, 0.25) is 0 Å². The molecule has 0 aliphatic carbocycles. The number of aliphatic hydroxyl groups excluding tert-OH is 4. The van der Waals surface area contributed by atoms with Gasteiger partial charge in [-0.25, -0.2) is 0 Å². The van der Waals surface area contributed by atoms with E-state index >= 15 is 0 Å². The molecule has 1 heterocycles. The number of alkyl halides is 17. The lowest BCUT2D eigenvalue weighted by Gasteiger charge is -2.46. The summed E-state index contributed by atoms with van der Waals surface area (Å²) in [6.45, 7) is -1.42. The Balaban J connectivity index is 3.47. The summed E-state index contributed by atoms with van der Waals surface area (Å²) in [5.41, 5.74) is 0. The molecule has 6 nitrogen and oxygen atoms in total. The maximum absolute atomic E-state index is 14.0. The SMILES string of the molecule is OC[C@H]1O[C@@](O)(CCC(F)(F)C(F)(F)C(F)(F)C(F)(F)C(F)(F)C(F)(F)C(F)(F)C(F)(F)F)[C@@H](O)[C@@H](O)[C@@H]1O. The Morgan fingerprint density at radius 3 is 1.28 bits per heavy atom. The van der Waals surface area contributed by atoms with Gasteiger partial charge in [-0.05, 0) is 0 Å². The average molecular weight is 626 g/mol. The van der Waals surface area contributed by atoms with E-state index in [0.717, 1.165) is 0 Å². The summed E-state index contributed by atoms with van der Waals surface area (Å²) in [4.78, 5) is 0. The average Bonchev–Trinajstić information content (AvgIpc) is 2.77. The van der Waals surface area contributed by atoms with Gasteiger partial charge in [0.1, 0.15) is 24.4 Å². The van der Waals surface area contributed by atoms with Crippen molar-refractivity contribution in [3.8, 4) is 0 Å². The molecule has 39 heavy (non-hydrogen) atoms. The highest BCUT2D eigenvalue weighted by Crippen LogP contribution is 2.64. The Morgan fingerprint density at radius 2 is 0.923 bits per heavy atom. The fourth-order valence-corrected chi connectivity index (χ4v) is 3.12. The van der Waals surface area contributed by atoms with Gasteiger partial charge in [-0.3, -0.25) is 0 Å². The molecule has 1 aliphatic heterocycles. The molecule has 0 amide bonds. The predicted molar refractivity (Wildman–Crippen MR) is 84.8 cm³/mol. The molecule has 0 aromatic carbocycles. The van der Waals surface area contributed by atoms with Crippen molar-refractivity contribution in [3.63, 3.8) is 0 Å². The number of ether oxygens (including phenoxy) is 1. The van der Waals surface area contributed by atoms with Crippen LogP contribution in [0.2, 0.25) is 0 Å². The van der Waals surface area contributed by atoms with Crippen molar-refractivity contribution in [2.45, 2.75) is 90.7 Å². The van der Waals surface area contributed by atoms with E-state index in [0.29, 0.717) is 0 Å². The number of rotatable bonds is 10. The van der Waals surface area contributed by atoms with Gasteiger partial charge in [0.05, 0.1) is 6.61 Å². The maximum atomic E-state index is 14.0. The first-order valence-corrected chi connectivity index (χ1v) is 9.62. The minimum absolute atomic E-state index is 1.42. The van der Waals surface area contributed by atoms with E-state index in [2.05, 4.69) is 4.74 Å². The van der Waals surface area contributed by atoms with Crippen molar-refractivity contribution < 1.29 is 105 Å². The molecule has 0 aromatic heterocycles. The highest BCUT2D eigenvalue weighted by molar-refractivity contribution is 5.15. The molecule has 0 bridgehead atoms. The van der Waals surface area contributed by atoms with Crippen LogP contribution in [0.25, 0.3) is 0 Å². The van der Waals surface area contributed by atoms with Gasteiger partial charge in [0.25, 0.3) is 0 Å². The Hall–Kier alpha value is -1.43. The number of halogens is 17. The van der Waals surface area contributed by atoms with E-state index < -0.39 is 97.3 Å². The van der Waals surface area contributed by atoms with E-state index in [4.69, 9.17) is 5.11 Å². The first-order chi connectivity index (χ1) is 16.9. The van der Waals surface area contributed by atoms with E-state index in [1.165, 1.54) is 0 Å². The van der Waals surface area contributed by atoms with Crippen molar-refractivity contribution in [1.82, 2.24) is 0 Å². The van der Waals surface area contributed by atoms with E-state index in [9.17, 15) is 95.1 Å². The maximum Gasteiger partial charge on any atom is 0.460 e. The van der Waals surface area contributed by atoms with Crippen LogP contribution < -0.4 is 0 Å². The normalized spacial score (nSPS) is 29.1. The molecule has 0 spiro atoms. The van der Waals surface area contributed by atoms with Crippen LogP contribution >= 0.6 is 0 Å². The van der Waals surface area contributed by atoms with E-state index in [1.807, 2.05) is 0 Å². The largest absolute Gasteiger partial charge is 0.460 e. The van der Waals surface area contributed by atoms with Crippen LogP contribution in [-0.2, 0) is 4.74 Å². The Kier molecular flexibility index (Phi) is 8.98. The van der Waals surface area contributed by atoms with Crippen molar-refractivity contribution in [3.05, 3.63) is 0 Å². The summed E-state index contributed by atoms with van der Waals surface area (Å²) in [6.07, 6.45) is -23.6. The lowest BCUT2D eigenvalue weighted by atomic mass is 9.85. The zero-order valence-electron chi connectivity index (χ0n) is 18.0. The fraction of sp³-hybridized carbons (Fsp3) is 1.00. The fourth-order valence-electron chi connectivity index (χ4n) is 3.12. The molecule has 5 N–H and O–H groups in total. The van der Waals surface area contributed by atoms with Crippen LogP contribution in [0.5, 0.6) is 0 Å². The highest BCUT2D eigenvalue weighted by Gasteiger charge is 2.95. The molecule has 0 radical (unpaired) electrons. The van der Waals surface area contributed by atoms with Crippen molar-refractivity contribution in [2.24, 2.45) is 0 Å². The molecular formula is C16H15F17O6. The van der Waals surface area contributed by atoms with Gasteiger partial charge in [-0.2, -0.15) is 74.6 Å². The third-order valence-electron chi connectivity index (χ3n) is 5.64. The van der Waals surface area contributed by atoms with Crippen LogP contribution in [0, 0.1) is 0 Å². The first-order valence-electron chi connectivity index (χ1n) is 9.62. The molecule has 0 unspecified atom stereocenters. The van der Waals surface area contributed by atoms with Gasteiger partial charge in [-0.1, -0.05) is 0 Å². The third-order valence-corrected chi connectivity index (χ3v) is 5.64. The molecule has 0 saturated carbocycles. The zero-order valence-corrected chi connectivity index (χ0v) is 18.0. The quantitative estimate of drug-likeness (QED) is 0.239. The molecule has 0 aromatic rings. The zero-order chi connectivity index (χ0) is 31.6. The van der Waals surface area contributed by atoms with E-state index in [-0.39, 0.29) is 0 Å². The summed E-state index contributed by atoms with van der Waals surface area (Å²) >= 11 is 0. The minimum Gasteiger partial charge on any atom is -0.394 e. The lowest BCUT2D eigenvalue weighted by molar-refractivity contribution is -0.462. The summed E-state index contributed by atoms with van der Waals surface area (Å²) in [7, 11) is 0. The molecule has 23 heteroatoms. The summed E-state index contributed by atoms with van der Waals surface area (Å²) in [5.74, 6) is -61.8. The van der Waals surface area contributed by atoms with Crippen LogP contribution in [-0.4, -0.2) is 110 Å². The van der Waals surface area contributed by atoms with Crippen molar-refractivity contribution >= 4 is 0 Å². The van der Waals surface area contributed by atoms with Gasteiger partial charge in [-0.15, -0.1) is 0 Å². The second-order valence-corrected chi connectivity index (χ2v) is 8.26.